The van der Waals surface area contributed by atoms with E-state index < -0.39 is 18.6 Å². The zero-order chi connectivity index (χ0) is 24.4. The number of benzene rings is 2. The molecule has 0 spiro atoms. The molecule has 0 saturated heterocycles. The summed E-state index contributed by atoms with van der Waals surface area (Å²) in [6.45, 7) is -1.37. The van der Waals surface area contributed by atoms with E-state index in [2.05, 4.69) is 25.5 Å². The van der Waals surface area contributed by atoms with E-state index in [0.717, 1.165) is 43.8 Å². The van der Waals surface area contributed by atoms with Gasteiger partial charge in [-0.2, -0.15) is 18.3 Å². The van der Waals surface area contributed by atoms with Crippen molar-refractivity contribution in [1.82, 2.24) is 25.5 Å². The van der Waals surface area contributed by atoms with Crippen molar-refractivity contribution in [3.63, 3.8) is 0 Å². The summed E-state index contributed by atoms with van der Waals surface area (Å²) in [7, 11) is 0. The normalized spacial score (nSPS) is 11.5. The summed E-state index contributed by atoms with van der Waals surface area (Å²) >= 11 is 1.11. The Hall–Kier alpha value is -4.25. The maximum absolute atomic E-state index is 12.4. The number of fused-ring (bicyclic) bond motifs is 1. The molecule has 0 radical (unpaired) electrons. The average molecular weight is 495 g/mol. The third-order valence-corrected chi connectivity index (χ3v) is 6.19. The second-order valence-electron chi connectivity index (χ2n) is 7.62. The van der Waals surface area contributed by atoms with E-state index in [1.807, 2.05) is 47.9 Å². The zero-order valence-corrected chi connectivity index (χ0v) is 18.7. The van der Waals surface area contributed by atoms with Crippen molar-refractivity contribution < 1.29 is 18.0 Å². The number of hydrogen-bond donors (Lipinski definition) is 3. The van der Waals surface area contributed by atoms with Crippen LogP contribution in [0.25, 0.3) is 32.6 Å². The lowest BCUT2D eigenvalue weighted by atomic mass is 10.1. The summed E-state index contributed by atoms with van der Waals surface area (Å²) in [6.07, 6.45) is 0.750. The van der Waals surface area contributed by atoms with Gasteiger partial charge in [-0.05, 0) is 41.3 Å². The van der Waals surface area contributed by atoms with Gasteiger partial charge in [-0.3, -0.25) is 9.89 Å². The first-order chi connectivity index (χ1) is 16.8. The lowest BCUT2D eigenvalue weighted by molar-refractivity contribution is -0.123. The van der Waals surface area contributed by atoms with Gasteiger partial charge in [-0.15, -0.1) is 11.3 Å². The number of H-pyrrole nitrogens is 1. The summed E-state index contributed by atoms with van der Waals surface area (Å²) in [5, 5.41) is 12.6. The minimum Gasteiger partial charge on any atom is -0.342 e. The predicted octanol–water partition coefficient (Wildman–Crippen LogP) is 5.78. The van der Waals surface area contributed by atoms with E-state index in [1.54, 1.807) is 30.6 Å². The summed E-state index contributed by atoms with van der Waals surface area (Å²) < 4.78 is 37.9. The Morgan fingerprint density at radius 1 is 1.00 bits per heavy atom. The molecule has 11 heteroatoms. The van der Waals surface area contributed by atoms with Crippen molar-refractivity contribution in [2.75, 3.05) is 11.9 Å². The topological polar surface area (TPSA) is 95.6 Å². The first-order valence-corrected chi connectivity index (χ1v) is 11.2. The quantitative estimate of drug-likeness (QED) is 0.278. The van der Waals surface area contributed by atoms with Gasteiger partial charge < -0.3 is 10.6 Å². The molecule has 5 aromatic rings. The molecule has 176 valence electrons. The van der Waals surface area contributed by atoms with E-state index in [-0.39, 0.29) is 4.88 Å². The van der Waals surface area contributed by atoms with Crippen LogP contribution in [0.4, 0.5) is 24.7 Å². The molecule has 35 heavy (non-hydrogen) atoms. The summed E-state index contributed by atoms with van der Waals surface area (Å²) in [6, 6.07) is 16.6. The highest BCUT2D eigenvalue weighted by atomic mass is 32.1. The predicted molar refractivity (Wildman–Crippen MR) is 129 cm³/mol. The van der Waals surface area contributed by atoms with E-state index in [4.69, 9.17) is 0 Å². The van der Waals surface area contributed by atoms with E-state index >= 15 is 0 Å². The number of amides is 1. The Balaban J connectivity index is 1.33. The largest absolute Gasteiger partial charge is 0.405 e. The van der Waals surface area contributed by atoms with Crippen molar-refractivity contribution in [3.05, 3.63) is 78.1 Å². The molecule has 5 rings (SSSR count). The molecule has 3 heterocycles. The second-order valence-corrected chi connectivity index (χ2v) is 8.70. The molecular formula is C24H17F3N6OS. The third-order valence-electron chi connectivity index (χ3n) is 5.10. The Kier molecular flexibility index (Phi) is 5.91. The SMILES string of the molecule is O=C(NCC(F)(F)F)c1cc2ccc(-c3nccc(Nc4ccc(-c5cn[nH]c5)cc4)n3)cc2s1. The van der Waals surface area contributed by atoms with Gasteiger partial charge in [0.2, 0.25) is 0 Å². The lowest BCUT2D eigenvalue weighted by Crippen LogP contribution is -2.33. The van der Waals surface area contributed by atoms with Crippen molar-refractivity contribution in [3.8, 4) is 22.5 Å². The van der Waals surface area contributed by atoms with Crippen LogP contribution in [0, 0.1) is 0 Å². The Bertz CT molecular complexity index is 1480. The Labute approximate surface area is 201 Å². The molecule has 0 atom stereocenters. The van der Waals surface area contributed by atoms with Crippen LogP contribution in [-0.4, -0.2) is 38.8 Å². The molecule has 0 fully saturated rings. The minimum absolute atomic E-state index is 0.205. The van der Waals surface area contributed by atoms with Gasteiger partial charge in [-0.25, -0.2) is 9.97 Å². The van der Waals surface area contributed by atoms with Crippen LogP contribution in [0.1, 0.15) is 9.67 Å². The van der Waals surface area contributed by atoms with Gasteiger partial charge in [0.1, 0.15) is 12.4 Å². The van der Waals surface area contributed by atoms with Crippen LogP contribution in [0.3, 0.4) is 0 Å². The second kappa shape index (κ2) is 9.18. The fraction of sp³-hybridized carbons (Fsp3) is 0.0833. The van der Waals surface area contributed by atoms with Crippen molar-refractivity contribution >= 4 is 38.8 Å². The summed E-state index contributed by atoms with van der Waals surface area (Å²) in [5.74, 6) is 0.319. The Morgan fingerprint density at radius 2 is 1.80 bits per heavy atom. The molecular weight excluding hydrogens is 477 g/mol. The van der Waals surface area contributed by atoms with Crippen molar-refractivity contribution in [2.45, 2.75) is 6.18 Å². The summed E-state index contributed by atoms with van der Waals surface area (Å²) in [4.78, 5) is 21.2. The number of rotatable bonds is 6. The van der Waals surface area contributed by atoms with E-state index in [1.165, 1.54) is 0 Å². The van der Waals surface area contributed by atoms with Crippen LogP contribution in [0.15, 0.2) is 73.2 Å². The molecule has 0 aliphatic carbocycles. The number of anilines is 2. The standard InChI is InChI=1S/C24H17F3N6OS/c25-24(26,27)13-29-23(34)20-9-15-1-2-16(10-19(15)35-20)22-28-8-7-21(33-22)32-18-5-3-14(4-6-18)17-11-30-31-12-17/h1-12H,13H2,(H,29,34)(H,30,31)(H,28,32,33). The molecule has 0 saturated carbocycles. The lowest BCUT2D eigenvalue weighted by Gasteiger charge is -2.08. The van der Waals surface area contributed by atoms with Crippen LogP contribution < -0.4 is 10.6 Å². The maximum atomic E-state index is 12.4. The molecule has 3 aromatic heterocycles. The van der Waals surface area contributed by atoms with Gasteiger partial charge in [0.25, 0.3) is 5.91 Å². The van der Waals surface area contributed by atoms with E-state index in [0.29, 0.717) is 11.6 Å². The fourth-order valence-electron chi connectivity index (χ4n) is 3.42. The number of carbonyl (C=O) groups is 1. The number of aromatic amines is 1. The minimum atomic E-state index is -4.46. The molecule has 2 aromatic carbocycles. The maximum Gasteiger partial charge on any atom is 0.405 e. The number of nitrogens with one attached hydrogen (secondary N) is 3. The number of hydrogen-bond acceptors (Lipinski definition) is 6. The monoisotopic (exact) mass is 494 g/mol. The van der Waals surface area contributed by atoms with Crippen LogP contribution in [0.2, 0.25) is 0 Å². The van der Waals surface area contributed by atoms with Crippen molar-refractivity contribution in [2.24, 2.45) is 0 Å². The zero-order valence-electron chi connectivity index (χ0n) is 17.9. The average Bonchev–Trinajstić information content (AvgIpc) is 3.53. The molecule has 1 amide bonds. The van der Waals surface area contributed by atoms with Crippen LogP contribution in [-0.2, 0) is 0 Å². The van der Waals surface area contributed by atoms with Gasteiger partial charge in [0, 0.05) is 33.9 Å². The number of halogens is 3. The highest BCUT2D eigenvalue weighted by molar-refractivity contribution is 7.20. The van der Waals surface area contributed by atoms with Gasteiger partial charge >= 0.3 is 6.18 Å². The van der Waals surface area contributed by atoms with Gasteiger partial charge in [0.15, 0.2) is 5.82 Å². The highest BCUT2D eigenvalue weighted by Crippen LogP contribution is 2.30. The molecule has 0 aliphatic heterocycles. The Morgan fingerprint density at radius 3 is 2.54 bits per heavy atom. The fourth-order valence-corrected chi connectivity index (χ4v) is 4.44. The van der Waals surface area contributed by atoms with E-state index in [9.17, 15) is 18.0 Å². The van der Waals surface area contributed by atoms with Crippen molar-refractivity contribution in [1.29, 1.82) is 0 Å². The number of alkyl halides is 3. The number of thiophene rings is 1. The first-order valence-electron chi connectivity index (χ1n) is 10.4. The van der Waals surface area contributed by atoms with Gasteiger partial charge in [-0.1, -0.05) is 24.3 Å². The third kappa shape index (κ3) is 5.30. The first kappa shape index (κ1) is 22.5. The number of nitrogens with zero attached hydrogens (tertiary/aromatic N) is 3. The smallest absolute Gasteiger partial charge is 0.342 e. The number of carbonyl (C=O) groups excluding carboxylic acids is 1. The van der Waals surface area contributed by atoms with Crippen LogP contribution in [0.5, 0.6) is 0 Å². The highest BCUT2D eigenvalue weighted by Gasteiger charge is 2.28. The van der Waals surface area contributed by atoms with Crippen LogP contribution >= 0.6 is 11.3 Å². The summed E-state index contributed by atoms with van der Waals surface area (Å²) in [5.41, 5.74) is 3.60. The molecule has 7 nitrogen and oxygen atoms in total. The molecule has 0 aliphatic rings. The van der Waals surface area contributed by atoms with Gasteiger partial charge in [0.05, 0.1) is 11.1 Å². The molecule has 3 N–H and O–H groups in total. The molecule has 0 bridgehead atoms. The number of aromatic nitrogens is 4. The molecule has 0 unspecified atom stereocenters.